The van der Waals surface area contributed by atoms with Crippen molar-refractivity contribution in [1.29, 1.82) is 0 Å². The van der Waals surface area contributed by atoms with Gasteiger partial charge in [0.15, 0.2) is 0 Å². The lowest BCUT2D eigenvalue weighted by Crippen LogP contribution is -2.03. The zero-order chi connectivity index (χ0) is 13.3. The van der Waals surface area contributed by atoms with Gasteiger partial charge in [0.05, 0.1) is 0 Å². The van der Waals surface area contributed by atoms with E-state index in [1.165, 1.54) is 69.8 Å². The molecule has 0 N–H and O–H groups in total. The molecular formula is C18H26O. The van der Waals surface area contributed by atoms with E-state index in [0.717, 1.165) is 11.8 Å². The van der Waals surface area contributed by atoms with Gasteiger partial charge in [-0.05, 0) is 24.3 Å². The summed E-state index contributed by atoms with van der Waals surface area (Å²) < 4.78 is 0. The maximum atomic E-state index is 11.2. The Kier molecular flexibility index (Phi) is 6.13. The molecule has 1 nitrogen and oxygen atoms in total. The van der Waals surface area contributed by atoms with Gasteiger partial charge in [-0.25, -0.2) is 0 Å². The van der Waals surface area contributed by atoms with Gasteiger partial charge in [0, 0.05) is 5.56 Å². The molecule has 1 saturated carbocycles. The topological polar surface area (TPSA) is 17.1 Å². The average molecular weight is 258 g/mol. The van der Waals surface area contributed by atoms with E-state index in [1.54, 1.807) is 0 Å². The van der Waals surface area contributed by atoms with Crippen molar-refractivity contribution in [1.82, 2.24) is 0 Å². The van der Waals surface area contributed by atoms with Crippen molar-refractivity contribution in [3.05, 3.63) is 35.4 Å². The average Bonchev–Trinajstić information content (AvgIpc) is 2.52. The molecule has 0 aliphatic heterocycles. The lowest BCUT2D eigenvalue weighted by atomic mass is 9.86. The number of carbonyl (C=O) groups is 1. The van der Waals surface area contributed by atoms with E-state index in [0.29, 0.717) is 5.92 Å². The normalized spacial score (nSPS) is 19.6. The predicted molar refractivity (Wildman–Crippen MR) is 80.7 cm³/mol. The first kappa shape index (κ1) is 14.3. The number of carbonyl (C=O) groups excluding carboxylic acids is 1. The second kappa shape index (κ2) is 8.14. The van der Waals surface area contributed by atoms with Crippen LogP contribution in [0.15, 0.2) is 24.3 Å². The molecule has 0 heterocycles. The summed E-state index contributed by atoms with van der Waals surface area (Å²) in [6.45, 7) is 0. The summed E-state index contributed by atoms with van der Waals surface area (Å²) >= 11 is 0. The fraction of sp³-hybridized carbons (Fsp3) is 0.611. The second-order valence-electron chi connectivity index (χ2n) is 5.85. The van der Waals surface area contributed by atoms with Crippen molar-refractivity contribution in [3.63, 3.8) is 0 Å². The van der Waals surface area contributed by atoms with E-state index in [1.807, 2.05) is 12.1 Å². The van der Waals surface area contributed by atoms with Gasteiger partial charge >= 0.3 is 0 Å². The summed E-state index contributed by atoms with van der Waals surface area (Å²) in [5.74, 6) is 0.597. The molecule has 1 fully saturated rings. The lowest BCUT2D eigenvalue weighted by molar-refractivity contribution is 0.112. The van der Waals surface area contributed by atoms with Crippen LogP contribution in [-0.2, 0) is 0 Å². The Balaban J connectivity index is 2.07. The zero-order valence-corrected chi connectivity index (χ0v) is 11.9. The monoisotopic (exact) mass is 258 g/mol. The maximum Gasteiger partial charge on any atom is 0.150 e. The van der Waals surface area contributed by atoms with Crippen LogP contribution >= 0.6 is 0 Å². The van der Waals surface area contributed by atoms with Crippen LogP contribution in [0.1, 0.15) is 86.0 Å². The van der Waals surface area contributed by atoms with Crippen LogP contribution in [0.25, 0.3) is 0 Å². The SMILES string of the molecule is O=Cc1ccccc1C1CCCCCCCCCC1. The van der Waals surface area contributed by atoms with Crippen LogP contribution in [0.5, 0.6) is 0 Å². The Morgan fingerprint density at radius 2 is 1.32 bits per heavy atom. The Labute approximate surface area is 117 Å². The standard InChI is InChI=1S/C18H26O/c19-15-17-13-9-10-14-18(17)16-11-7-5-3-1-2-4-6-8-12-16/h9-10,13-16H,1-8,11-12H2. The number of rotatable bonds is 2. The summed E-state index contributed by atoms with van der Waals surface area (Å²) in [6, 6.07) is 8.17. The summed E-state index contributed by atoms with van der Waals surface area (Å²) in [5, 5.41) is 0. The molecular weight excluding hydrogens is 232 g/mol. The third-order valence-corrected chi connectivity index (χ3v) is 4.42. The van der Waals surface area contributed by atoms with Crippen molar-refractivity contribution in [2.45, 2.75) is 70.1 Å². The van der Waals surface area contributed by atoms with Gasteiger partial charge < -0.3 is 0 Å². The summed E-state index contributed by atoms with van der Waals surface area (Å²) in [4.78, 5) is 11.2. The van der Waals surface area contributed by atoms with Gasteiger partial charge in [0.25, 0.3) is 0 Å². The van der Waals surface area contributed by atoms with Crippen LogP contribution in [0.4, 0.5) is 0 Å². The number of hydrogen-bond acceptors (Lipinski definition) is 1. The highest BCUT2D eigenvalue weighted by atomic mass is 16.1. The van der Waals surface area contributed by atoms with Crippen LogP contribution < -0.4 is 0 Å². The molecule has 1 heteroatoms. The number of benzene rings is 1. The quantitative estimate of drug-likeness (QED) is 0.640. The first-order valence-electron chi connectivity index (χ1n) is 7.96. The van der Waals surface area contributed by atoms with Crippen molar-refractivity contribution >= 4 is 6.29 Å². The van der Waals surface area contributed by atoms with Gasteiger partial charge in [-0.1, -0.05) is 75.6 Å². The molecule has 0 saturated heterocycles. The fourth-order valence-electron chi connectivity index (χ4n) is 3.29. The van der Waals surface area contributed by atoms with Gasteiger partial charge in [0.2, 0.25) is 0 Å². The Morgan fingerprint density at radius 3 is 1.89 bits per heavy atom. The highest BCUT2D eigenvalue weighted by molar-refractivity contribution is 5.77. The van der Waals surface area contributed by atoms with E-state index in [2.05, 4.69) is 12.1 Å². The number of hydrogen-bond donors (Lipinski definition) is 0. The lowest BCUT2D eigenvalue weighted by Gasteiger charge is -2.18. The highest BCUT2D eigenvalue weighted by Crippen LogP contribution is 2.31. The van der Waals surface area contributed by atoms with Gasteiger partial charge in [-0.15, -0.1) is 0 Å². The predicted octanol–water partition coefficient (Wildman–Crippen LogP) is 5.50. The van der Waals surface area contributed by atoms with E-state index in [-0.39, 0.29) is 0 Å². The molecule has 104 valence electrons. The van der Waals surface area contributed by atoms with E-state index < -0.39 is 0 Å². The van der Waals surface area contributed by atoms with Crippen molar-refractivity contribution in [3.8, 4) is 0 Å². The first-order valence-corrected chi connectivity index (χ1v) is 7.96. The summed E-state index contributed by atoms with van der Waals surface area (Å²) in [6.07, 6.45) is 14.5. The molecule has 0 amide bonds. The summed E-state index contributed by atoms with van der Waals surface area (Å²) in [7, 11) is 0. The van der Waals surface area contributed by atoms with Crippen molar-refractivity contribution in [2.24, 2.45) is 0 Å². The molecule has 1 aromatic rings. The van der Waals surface area contributed by atoms with E-state index in [9.17, 15) is 4.79 Å². The van der Waals surface area contributed by atoms with E-state index >= 15 is 0 Å². The molecule has 0 unspecified atom stereocenters. The van der Waals surface area contributed by atoms with Crippen LogP contribution in [0.3, 0.4) is 0 Å². The minimum atomic E-state index is 0.597. The maximum absolute atomic E-state index is 11.2. The van der Waals surface area contributed by atoms with Gasteiger partial charge in [0.1, 0.15) is 6.29 Å². The van der Waals surface area contributed by atoms with Gasteiger partial charge in [-0.3, -0.25) is 4.79 Å². The van der Waals surface area contributed by atoms with Crippen LogP contribution in [0, 0.1) is 0 Å². The fourth-order valence-corrected chi connectivity index (χ4v) is 3.29. The number of aldehydes is 1. The third kappa shape index (κ3) is 4.49. The summed E-state index contributed by atoms with van der Waals surface area (Å²) in [5.41, 5.74) is 2.19. The molecule has 0 spiro atoms. The highest BCUT2D eigenvalue weighted by Gasteiger charge is 2.15. The minimum Gasteiger partial charge on any atom is -0.298 e. The van der Waals surface area contributed by atoms with Crippen LogP contribution in [0.2, 0.25) is 0 Å². The van der Waals surface area contributed by atoms with E-state index in [4.69, 9.17) is 0 Å². The minimum absolute atomic E-state index is 0.597. The van der Waals surface area contributed by atoms with Gasteiger partial charge in [-0.2, -0.15) is 0 Å². The molecule has 1 aliphatic carbocycles. The Hall–Kier alpha value is -1.11. The smallest absolute Gasteiger partial charge is 0.150 e. The molecule has 2 rings (SSSR count). The largest absolute Gasteiger partial charge is 0.298 e. The van der Waals surface area contributed by atoms with Crippen LogP contribution in [-0.4, -0.2) is 6.29 Å². The Bertz CT molecular complexity index is 371. The third-order valence-electron chi connectivity index (χ3n) is 4.42. The molecule has 19 heavy (non-hydrogen) atoms. The molecule has 0 bridgehead atoms. The Morgan fingerprint density at radius 1 is 0.789 bits per heavy atom. The molecule has 1 aliphatic rings. The molecule has 0 aromatic heterocycles. The molecule has 0 atom stereocenters. The molecule has 0 radical (unpaired) electrons. The molecule has 1 aromatic carbocycles. The second-order valence-corrected chi connectivity index (χ2v) is 5.85. The first-order chi connectivity index (χ1) is 9.42. The van der Waals surface area contributed by atoms with Crippen molar-refractivity contribution < 1.29 is 4.79 Å². The van der Waals surface area contributed by atoms with Crippen molar-refractivity contribution in [2.75, 3.05) is 0 Å². The zero-order valence-electron chi connectivity index (χ0n) is 11.9.